The van der Waals surface area contributed by atoms with Crippen LogP contribution in [-0.4, -0.2) is 23.7 Å². The van der Waals surface area contributed by atoms with Gasteiger partial charge >= 0.3 is 0 Å². The van der Waals surface area contributed by atoms with E-state index in [0.29, 0.717) is 18.2 Å². The maximum absolute atomic E-state index is 5.59. The van der Waals surface area contributed by atoms with E-state index < -0.39 is 0 Å². The summed E-state index contributed by atoms with van der Waals surface area (Å²) in [6.45, 7) is 5.24. The number of hydrogen-bond acceptors (Lipinski definition) is 4. The summed E-state index contributed by atoms with van der Waals surface area (Å²) in [7, 11) is 0. The number of aromatic nitrogens is 1. The smallest absolute Gasteiger partial charge is 0.0809 e. The van der Waals surface area contributed by atoms with E-state index in [1.807, 2.05) is 6.20 Å². The van der Waals surface area contributed by atoms with Crippen LogP contribution in [0.4, 0.5) is 0 Å². The van der Waals surface area contributed by atoms with Gasteiger partial charge in [0.05, 0.1) is 16.3 Å². The summed E-state index contributed by atoms with van der Waals surface area (Å²) >= 11 is 1.76. The Balaban J connectivity index is 1.70. The largest absolute Gasteiger partial charge is 0.378 e. The van der Waals surface area contributed by atoms with E-state index in [0.717, 1.165) is 25.0 Å². The van der Waals surface area contributed by atoms with Crippen LogP contribution >= 0.6 is 11.3 Å². The van der Waals surface area contributed by atoms with Crippen LogP contribution in [0.25, 0.3) is 10.2 Å². The Morgan fingerprint density at radius 3 is 3.26 bits per heavy atom. The summed E-state index contributed by atoms with van der Waals surface area (Å²) in [4.78, 5) is 4.52. The number of ether oxygens (including phenoxy) is 1. The molecule has 3 unspecified atom stereocenters. The van der Waals surface area contributed by atoms with Crippen molar-refractivity contribution in [2.75, 3.05) is 6.61 Å². The molecule has 0 amide bonds. The van der Waals surface area contributed by atoms with Gasteiger partial charge in [0.1, 0.15) is 0 Å². The number of nitrogens with one attached hydrogen (secondary N) is 1. The topological polar surface area (TPSA) is 34.2 Å². The fourth-order valence-corrected chi connectivity index (χ4v) is 3.49. The van der Waals surface area contributed by atoms with Gasteiger partial charge in [0.25, 0.3) is 0 Å². The van der Waals surface area contributed by atoms with Gasteiger partial charge in [-0.1, -0.05) is 0 Å². The summed E-state index contributed by atoms with van der Waals surface area (Å²) < 4.78 is 6.86. The molecular weight excluding hydrogens is 256 g/mol. The van der Waals surface area contributed by atoms with E-state index in [9.17, 15) is 0 Å². The summed E-state index contributed by atoms with van der Waals surface area (Å²) in [6.07, 6.45) is 4.56. The molecule has 102 valence electrons. The zero-order valence-corrected chi connectivity index (χ0v) is 12.2. The van der Waals surface area contributed by atoms with Crippen LogP contribution in [0.2, 0.25) is 0 Å². The Morgan fingerprint density at radius 2 is 2.42 bits per heavy atom. The Kier molecular flexibility index (Phi) is 3.82. The normalized spacial score (nSPS) is 25.6. The second-order valence-corrected chi connectivity index (χ2v) is 6.31. The molecule has 3 nitrogen and oxygen atoms in total. The third-order valence-electron chi connectivity index (χ3n) is 3.79. The van der Waals surface area contributed by atoms with Gasteiger partial charge in [0.15, 0.2) is 0 Å². The molecule has 3 rings (SSSR count). The molecule has 2 aromatic rings. The first-order chi connectivity index (χ1) is 9.22. The van der Waals surface area contributed by atoms with Crippen molar-refractivity contribution in [3.63, 3.8) is 0 Å². The highest BCUT2D eigenvalue weighted by Gasteiger charge is 2.21. The Hall–Kier alpha value is -0.970. The third-order valence-corrected chi connectivity index (χ3v) is 4.65. The fraction of sp³-hybridized carbons (Fsp3) is 0.533. The van der Waals surface area contributed by atoms with Crippen molar-refractivity contribution in [3.05, 3.63) is 29.3 Å². The van der Waals surface area contributed by atoms with E-state index in [2.05, 4.69) is 41.7 Å². The lowest BCUT2D eigenvalue weighted by Gasteiger charge is -2.30. The fourth-order valence-electron chi connectivity index (χ4n) is 2.70. The van der Waals surface area contributed by atoms with Gasteiger partial charge in [-0.2, -0.15) is 0 Å². The van der Waals surface area contributed by atoms with Crippen LogP contribution in [0.1, 0.15) is 38.3 Å². The lowest BCUT2D eigenvalue weighted by Crippen LogP contribution is -2.39. The molecule has 0 bridgehead atoms. The zero-order chi connectivity index (χ0) is 13.2. The summed E-state index contributed by atoms with van der Waals surface area (Å²) in [5.41, 5.74) is 2.37. The molecule has 1 saturated heterocycles. The van der Waals surface area contributed by atoms with Gasteiger partial charge in [-0.05, 0) is 49.8 Å². The summed E-state index contributed by atoms with van der Waals surface area (Å²) in [5.74, 6) is 0. The maximum Gasteiger partial charge on any atom is 0.0809 e. The lowest BCUT2D eigenvalue weighted by atomic mass is 10.0. The van der Waals surface area contributed by atoms with Crippen molar-refractivity contribution in [1.82, 2.24) is 10.3 Å². The summed E-state index contributed by atoms with van der Waals surface area (Å²) in [5, 5.41) is 5.80. The molecule has 1 fully saturated rings. The molecule has 1 N–H and O–H groups in total. The number of rotatable bonds is 3. The average Bonchev–Trinajstić information content (AvgIpc) is 2.85. The van der Waals surface area contributed by atoms with Crippen LogP contribution in [-0.2, 0) is 4.74 Å². The molecular formula is C15H20N2OS. The summed E-state index contributed by atoms with van der Waals surface area (Å²) in [6, 6.07) is 5.22. The van der Waals surface area contributed by atoms with Crippen molar-refractivity contribution in [2.24, 2.45) is 0 Å². The molecule has 0 aromatic carbocycles. The predicted molar refractivity (Wildman–Crippen MR) is 79.6 cm³/mol. The van der Waals surface area contributed by atoms with Crippen molar-refractivity contribution >= 4 is 21.6 Å². The Labute approximate surface area is 118 Å². The lowest BCUT2D eigenvalue weighted by molar-refractivity contribution is 0.0116. The molecule has 0 aliphatic carbocycles. The second-order valence-electron chi connectivity index (χ2n) is 5.36. The van der Waals surface area contributed by atoms with Crippen LogP contribution in [0, 0.1) is 0 Å². The minimum atomic E-state index is 0.342. The molecule has 1 aliphatic heterocycles. The van der Waals surface area contributed by atoms with E-state index >= 15 is 0 Å². The number of fused-ring (bicyclic) bond motifs is 1. The predicted octanol–water partition coefficient (Wildman–Crippen LogP) is 3.51. The average molecular weight is 276 g/mol. The van der Waals surface area contributed by atoms with Crippen LogP contribution in [0.5, 0.6) is 0 Å². The molecule has 3 atom stereocenters. The maximum atomic E-state index is 5.59. The van der Waals surface area contributed by atoms with Gasteiger partial charge in [-0.3, -0.25) is 4.98 Å². The first-order valence-corrected chi connectivity index (χ1v) is 7.81. The molecule has 2 aromatic heterocycles. The zero-order valence-electron chi connectivity index (χ0n) is 11.4. The van der Waals surface area contributed by atoms with E-state index in [1.54, 1.807) is 11.3 Å². The van der Waals surface area contributed by atoms with E-state index in [1.165, 1.54) is 10.3 Å². The molecule has 19 heavy (non-hydrogen) atoms. The van der Waals surface area contributed by atoms with Crippen molar-refractivity contribution < 1.29 is 4.74 Å². The highest BCUT2D eigenvalue weighted by molar-refractivity contribution is 7.17. The molecule has 0 spiro atoms. The Bertz CT molecular complexity index is 554. The van der Waals surface area contributed by atoms with E-state index in [-0.39, 0.29) is 0 Å². The SMILES string of the molecule is CC1CC(NC(C)c2cnc3ccsc3c2)CCO1. The first-order valence-electron chi connectivity index (χ1n) is 6.93. The number of pyridine rings is 1. The van der Waals surface area contributed by atoms with Crippen molar-refractivity contribution in [1.29, 1.82) is 0 Å². The quantitative estimate of drug-likeness (QED) is 0.931. The van der Waals surface area contributed by atoms with Gasteiger partial charge in [0, 0.05) is 24.9 Å². The highest BCUT2D eigenvalue weighted by atomic mass is 32.1. The minimum Gasteiger partial charge on any atom is -0.378 e. The molecule has 4 heteroatoms. The standard InChI is InChI=1S/C15H20N2OS/c1-10-7-13(3-5-18-10)17-11(2)12-8-15-14(16-9-12)4-6-19-15/h4,6,8-11,13,17H,3,5,7H2,1-2H3. The van der Waals surface area contributed by atoms with Gasteiger partial charge in [0.2, 0.25) is 0 Å². The Morgan fingerprint density at radius 1 is 1.53 bits per heavy atom. The van der Waals surface area contributed by atoms with Gasteiger partial charge < -0.3 is 10.1 Å². The number of nitrogens with zero attached hydrogens (tertiary/aromatic N) is 1. The highest BCUT2D eigenvalue weighted by Crippen LogP contribution is 2.24. The van der Waals surface area contributed by atoms with E-state index in [4.69, 9.17) is 4.74 Å². The van der Waals surface area contributed by atoms with Gasteiger partial charge in [-0.15, -0.1) is 11.3 Å². The van der Waals surface area contributed by atoms with Crippen molar-refractivity contribution in [2.45, 2.75) is 44.9 Å². The van der Waals surface area contributed by atoms with Crippen LogP contribution < -0.4 is 5.32 Å². The molecule has 0 saturated carbocycles. The molecule has 1 aliphatic rings. The monoisotopic (exact) mass is 276 g/mol. The molecule has 3 heterocycles. The number of thiophene rings is 1. The first kappa shape index (κ1) is 13.0. The van der Waals surface area contributed by atoms with Gasteiger partial charge in [-0.25, -0.2) is 0 Å². The number of hydrogen-bond donors (Lipinski definition) is 1. The molecule has 0 radical (unpaired) electrons. The third kappa shape index (κ3) is 2.96. The second kappa shape index (κ2) is 5.57. The van der Waals surface area contributed by atoms with Crippen LogP contribution in [0.15, 0.2) is 23.7 Å². The minimum absolute atomic E-state index is 0.342. The van der Waals surface area contributed by atoms with Crippen LogP contribution in [0.3, 0.4) is 0 Å². The van der Waals surface area contributed by atoms with Crippen molar-refractivity contribution in [3.8, 4) is 0 Å².